The number of ether oxygens (including phenoxy) is 1. The molecule has 0 saturated heterocycles. The third-order valence-corrected chi connectivity index (χ3v) is 8.74. The molecule has 1 saturated carbocycles. The van der Waals surface area contributed by atoms with Crippen molar-refractivity contribution in [1.29, 1.82) is 0 Å². The fraction of sp³-hybridized carbons (Fsp3) is 0.321. The number of aliphatic hydroxyl groups is 1. The number of carbonyl (C=O) groups excluding carboxylic acids is 2. The number of carbonyl (C=O) groups is 2. The van der Waals surface area contributed by atoms with Crippen LogP contribution in [-0.2, 0) is 15.8 Å². The summed E-state index contributed by atoms with van der Waals surface area (Å²) in [6.45, 7) is -0.203. The minimum atomic E-state index is -5.33. The Balaban J connectivity index is 1.38. The highest BCUT2D eigenvalue weighted by atomic mass is 32.1. The Morgan fingerprint density at radius 3 is 2.55 bits per heavy atom. The van der Waals surface area contributed by atoms with Crippen LogP contribution < -0.4 is 15.8 Å². The Bertz CT molecular complexity index is 1740. The van der Waals surface area contributed by atoms with E-state index in [0.717, 1.165) is 36.0 Å². The summed E-state index contributed by atoms with van der Waals surface area (Å²) in [5, 5.41) is 14.2. The Labute approximate surface area is 239 Å². The van der Waals surface area contributed by atoms with E-state index in [1.54, 1.807) is 0 Å². The van der Waals surface area contributed by atoms with Gasteiger partial charge in [0.2, 0.25) is 11.5 Å². The molecule has 0 spiro atoms. The van der Waals surface area contributed by atoms with Crippen molar-refractivity contribution >= 4 is 33.5 Å². The van der Waals surface area contributed by atoms with Crippen molar-refractivity contribution < 1.29 is 37.0 Å². The van der Waals surface area contributed by atoms with Crippen LogP contribution in [0.1, 0.15) is 52.3 Å². The average Bonchev–Trinajstić information content (AvgIpc) is 3.62. The lowest BCUT2D eigenvalue weighted by Crippen LogP contribution is -2.51. The number of rotatable bonds is 7. The first-order valence-corrected chi connectivity index (χ1v) is 13.7. The molecule has 6 rings (SSSR count). The highest BCUT2D eigenvalue weighted by Gasteiger charge is 2.57. The second-order valence-corrected chi connectivity index (χ2v) is 11.7. The number of amides is 2. The first-order chi connectivity index (χ1) is 19.8. The van der Waals surface area contributed by atoms with Gasteiger partial charge in [-0.1, -0.05) is 0 Å². The molecule has 0 radical (unpaired) electrons. The minimum Gasteiger partial charge on any atom is -0.489 e. The van der Waals surface area contributed by atoms with Crippen molar-refractivity contribution in [1.82, 2.24) is 20.3 Å². The van der Waals surface area contributed by atoms with E-state index in [0.29, 0.717) is 16.3 Å². The number of aromatic nitrogens is 3. The number of hydrogen-bond acceptors (Lipinski definition) is 8. The van der Waals surface area contributed by atoms with Gasteiger partial charge in [0.25, 0.3) is 5.91 Å². The molecule has 42 heavy (non-hydrogen) atoms. The number of halogens is 4. The van der Waals surface area contributed by atoms with E-state index < -0.39 is 47.1 Å². The van der Waals surface area contributed by atoms with Crippen LogP contribution >= 0.6 is 11.3 Å². The van der Waals surface area contributed by atoms with Gasteiger partial charge in [0.05, 0.1) is 27.5 Å². The summed E-state index contributed by atoms with van der Waals surface area (Å²) in [6, 6.07) is 7.10. The zero-order valence-electron chi connectivity index (χ0n) is 22.0. The molecular formula is C28H23F4N5O4S. The normalized spacial score (nSPS) is 19.7. The van der Waals surface area contributed by atoms with E-state index in [-0.39, 0.29) is 34.7 Å². The van der Waals surface area contributed by atoms with Crippen LogP contribution in [0.4, 0.5) is 17.6 Å². The molecule has 218 valence electrons. The highest BCUT2D eigenvalue weighted by molar-refractivity contribution is 7.18. The van der Waals surface area contributed by atoms with Gasteiger partial charge in [-0.15, -0.1) is 11.3 Å². The molecule has 9 nitrogen and oxygen atoms in total. The molecule has 14 heteroatoms. The third-order valence-electron chi connectivity index (χ3n) is 7.58. The average molecular weight is 602 g/mol. The number of nitrogens with one attached hydrogen (secondary N) is 1. The number of alkyl halides is 3. The molecule has 3 aromatic heterocycles. The van der Waals surface area contributed by atoms with Gasteiger partial charge in [-0.05, 0) is 56.2 Å². The maximum Gasteiger partial charge on any atom is 0.424 e. The standard InChI is InChI=1S/C28H23F4N5O4S/c1-26(25(33)39)12-41-21-17(26)9-19(36-20(21)13-4-6-16(29)7-5-13)27(40,28(30,31)32)11-35-23(38)15-8-18-22(34-10-15)37-24(42-18)14-2-3-14/h4-10,14,40H,2-3,11-12H2,1H3,(H2,33,39)(H,35,38)/t26-,27-/m0/s1. The number of fused-ring (bicyclic) bond motifs is 2. The maximum atomic E-state index is 14.6. The number of thiazole rings is 1. The van der Waals surface area contributed by atoms with Crippen LogP contribution in [0.3, 0.4) is 0 Å². The maximum absolute atomic E-state index is 14.6. The van der Waals surface area contributed by atoms with Crippen molar-refractivity contribution in [2.24, 2.45) is 5.73 Å². The lowest BCUT2D eigenvalue weighted by Gasteiger charge is -2.31. The van der Waals surface area contributed by atoms with Crippen molar-refractivity contribution in [2.75, 3.05) is 13.2 Å². The van der Waals surface area contributed by atoms with Crippen LogP contribution in [0.5, 0.6) is 5.75 Å². The summed E-state index contributed by atoms with van der Waals surface area (Å²) in [6.07, 6.45) is -2.08. The fourth-order valence-electron chi connectivity index (χ4n) is 4.71. The van der Waals surface area contributed by atoms with Gasteiger partial charge in [0.15, 0.2) is 5.65 Å². The molecule has 1 aliphatic carbocycles. The molecule has 4 aromatic rings. The van der Waals surface area contributed by atoms with Crippen LogP contribution in [0.2, 0.25) is 0 Å². The van der Waals surface area contributed by atoms with Gasteiger partial charge in [0, 0.05) is 23.2 Å². The van der Waals surface area contributed by atoms with Gasteiger partial charge in [-0.2, -0.15) is 13.2 Å². The first kappa shape index (κ1) is 28.0. The highest BCUT2D eigenvalue weighted by Crippen LogP contribution is 2.48. The molecule has 0 unspecified atom stereocenters. The number of pyridine rings is 2. The van der Waals surface area contributed by atoms with Crippen molar-refractivity contribution in [2.45, 2.75) is 42.9 Å². The summed E-state index contributed by atoms with van der Waals surface area (Å²) < 4.78 is 63.7. The Morgan fingerprint density at radius 2 is 1.90 bits per heavy atom. The molecule has 1 aromatic carbocycles. The number of primary amides is 1. The third kappa shape index (κ3) is 4.64. The summed E-state index contributed by atoms with van der Waals surface area (Å²) >= 11 is 1.37. The number of benzene rings is 1. The van der Waals surface area contributed by atoms with Crippen LogP contribution in [-0.4, -0.2) is 51.2 Å². The second-order valence-electron chi connectivity index (χ2n) is 10.6. The molecule has 4 heterocycles. The Hall–Kier alpha value is -4.17. The lowest BCUT2D eigenvalue weighted by atomic mass is 9.81. The smallest absolute Gasteiger partial charge is 0.424 e. The molecular weight excluding hydrogens is 578 g/mol. The van der Waals surface area contributed by atoms with Gasteiger partial charge in [0.1, 0.15) is 29.3 Å². The van der Waals surface area contributed by atoms with E-state index in [2.05, 4.69) is 20.3 Å². The Kier molecular flexibility index (Phi) is 6.46. The fourth-order valence-corrected chi connectivity index (χ4v) is 5.85. The summed E-state index contributed by atoms with van der Waals surface area (Å²) in [7, 11) is 0. The van der Waals surface area contributed by atoms with E-state index in [9.17, 15) is 32.3 Å². The monoisotopic (exact) mass is 601 g/mol. The quantitative estimate of drug-likeness (QED) is 0.271. The molecule has 4 N–H and O–H groups in total. The van der Waals surface area contributed by atoms with Crippen molar-refractivity contribution in [3.63, 3.8) is 0 Å². The largest absolute Gasteiger partial charge is 0.489 e. The van der Waals surface area contributed by atoms with E-state index in [1.165, 1.54) is 42.7 Å². The van der Waals surface area contributed by atoms with Crippen LogP contribution in [0.25, 0.3) is 21.6 Å². The van der Waals surface area contributed by atoms with Gasteiger partial charge in [-0.3, -0.25) is 9.59 Å². The van der Waals surface area contributed by atoms with Gasteiger partial charge < -0.3 is 20.9 Å². The summed E-state index contributed by atoms with van der Waals surface area (Å²) in [4.78, 5) is 38.0. The van der Waals surface area contributed by atoms with E-state index in [4.69, 9.17) is 10.5 Å². The van der Waals surface area contributed by atoms with Gasteiger partial charge in [-0.25, -0.2) is 19.3 Å². The van der Waals surface area contributed by atoms with E-state index in [1.807, 2.05) is 0 Å². The molecule has 1 fully saturated rings. The second kappa shape index (κ2) is 9.70. The van der Waals surface area contributed by atoms with Crippen molar-refractivity contribution in [3.8, 4) is 17.0 Å². The van der Waals surface area contributed by atoms with Crippen LogP contribution in [0.15, 0.2) is 42.6 Å². The van der Waals surface area contributed by atoms with Gasteiger partial charge >= 0.3 is 6.18 Å². The topological polar surface area (TPSA) is 140 Å². The lowest BCUT2D eigenvalue weighted by molar-refractivity contribution is -0.265. The van der Waals surface area contributed by atoms with Crippen molar-refractivity contribution in [3.05, 3.63) is 70.2 Å². The van der Waals surface area contributed by atoms with Crippen LogP contribution in [0, 0.1) is 5.82 Å². The SMILES string of the molecule is C[C@]1(C(N)=O)COc2c1cc([C@@](O)(CNC(=O)c1cnc3nc(C4CC4)sc3c1)C(F)(F)F)nc2-c1ccc(F)cc1. The van der Waals surface area contributed by atoms with E-state index >= 15 is 0 Å². The molecule has 1 aliphatic heterocycles. The number of nitrogens with zero attached hydrogens (tertiary/aromatic N) is 3. The zero-order valence-corrected chi connectivity index (χ0v) is 22.8. The molecule has 2 amide bonds. The number of hydrogen-bond donors (Lipinski definition) is 3. The predicted molar refractivity (Wildman–Crippen MR) is 143 cm³/mol. The Morgan fingerprint density at radius 1 is 1.19 bits per heavy atom. The molecule has 2 aliphatic rings. The number of nitrogens with two attached hydrogens (primary N) is 1. The zero-order chi connectivity index (χ0) is 30.0. The minimum absolute atomic E-state index is 0.0124. The summed E-state index contributed by atoms with van der Waals surface area (Å²) in [5.74, 6) is -2.03. The molecule has 0 bridgehead atoms. The summed E-state index contributed by atoms with van der Waals surface area (Å²) in [5.41, 5.74) is -0.153. The predicted octanol–water partition coefficient (Wildman–Crippen LogP) is 4.09. The first-order valence-electron chi connectivity index (χ1n) is 12.9. The molecule has 2 atom stereocenters.